The van der Waals surface area contributed by atoms with E-state index in [2.05, 4.69) is 0 Å². The lowest BCUT2D eigenvalue weighted by Crippen LogP contribution is -2.83. The Labute approximate surface area is 217 Å². The Morgan fingerprint density at radius 3 is 2.76 bits per heavy atom. The lowest BCUT2D eigenvalue weighted by molar-refractivity contribution is -0.312. The number of benzene rings is 1. The molecular formula is C29H43NO4. The summed E-state index contributed by atoms with van der Waals surface area (Å²) in [5.74, 6) is -0.0927. The van der Waals surface area contributed by atoms with Gasteiger partial charge in [-0.25, -0.2) is 0 Å². The van der Waals surface area contributed by atoms with E-state index in [1.807, 2.05) is 20.8 Å². The number of piperidine rings is 1. The number of phenols is 1. The lowest BCUT2D eigenvalue weighted by Gasteiger charge is -2.75. The summed E-state index contributed by atoms with van der Waals surface area (Å²) in [6.45, 7) is 1.28. The average Bonchev–Trinajstić information content (AvgIpc) is 3.25. The molecule has 4 aliphatic carbocycles. The molecule has 0 amide bonds. The minimum absolute atomic E-state index is 0.000811. The number of phenolic OH excluding ortho intramolecular Hbond substituents is 1. The predicted octanol–water partition coefficient (Wildman–Crippen LogP) is 4.80. The Morgan fingerprint density at radius 2 is 2.06 bits per heavy atom. The molecule has 1 aromatic carbocycles. The van der Waals surface area contributed by atoms with Gasteiger partial charge in [-0.05, 0) is 75.5 Å². The monoisotopic (exact) mass is 478 g/mol. The lowest BCUT2D eigenvalue weighted by atomic mass is 9.33. The molecule has 2 N–H and O–H groups in total. The second-order valence-electron chi connectivity index (χ2n) is 12.4. The third-order valence-electron chi connectivity index (χ3n) is 10.8. The smallest absolute Gasteiger partial charge is 0.165 e. The molecule has 7 rings (SSSR count). The molecule has 3 saturated carbocycles. The predicted molar refractivity (Wildman–Crippen MR) is 132 cm³/mol. The number of ether oxygens (including phenoxy) is 2. The standard InChI is InChI=1S/C29H43NO4/c1-7-8-14-30-15-13-28-22-18-9-10-19(31)23(22)34-24(28)29(33-6)12-11-27(28,21(30)16-18)17-20(29)26(5,32)25(2,3)4/h9-10,20-21,24,31-32H,7-8,11-17H2,1-6H3/t20-,21-,24-,26?,27-,28+,29-/m1/s1/i1D3,7D2,8D2,14D2. The van der Waals surface area contributed by atoms with Gasteiger partial charge in [0.15, 0.2) is 11.5 Å². The molecule has 0 aromatic heterocycles. The van der Waals surface area contributed by atoms with Crippen molar-refractivity contribution in [3.05, 3.63) is 23.3 Å². The van der Waals surface area contributed by atoms with Crippen LogP contribution in [0.3, 0.4) is 0 Å². The summed E-state index contributed by atoms with van der Waals surface area (Å²) in [6, 6.07) is 2.67. The normalized spacial score (nSPS) is 47.2. The Kier molecular flexibility index (Phi) is 3.07. The van der Waals surface area contributed by atoms with E-state index < -0.39 is 71.6 Å². The molecule has 2 heterocycles. The Bertz CT molecular complexity index is 1360. The number of hydrogen-bond donors (Lipinski definition) is 2. The van der Waals surface area contributed by atoms with Crippen molar-refractivity contribution in [1.29, 1.82) is 0 Å². The summed E-state index contributed by atoms with van der Waals surface area (Å²) in [5.41, 5.74) is -2.58. The highest BCUT2D eigenvalue weighted by Crippen LogP contribution is 2.77. The fourth-order valence-electron chi connectivity index (χ4n) is 8.87. The van der Waals surface area contributed by atoms with E-state index in [9.17, 15) is 13.0 Å². The van der Waals surface area contributed by atoms with E-state index in [0.29, 0.717) is 31.4 Å². The van der Waals surface area contributed by atoms with Crippen LogP contribution in [0.5, 0.6) is 11.5 Å². The van der Waals surface area contributed by atoms with Crippen molar-refractivity contribution in [2.45, 2.75) is 108 Å². The maximum absolute atomic E-state index is 12.3. The van der Waals surface area contributed by atoms with Crippen LogP contribution in [-0.4, -0.2) is 58.6 Å². The van der Waals surface area contributed by atoms with Crippen LogP contribution in [0.4, 0.5) is 0 Å². The van der Waals surface area contributed by atoms with Gasteiger partial charge in [-0.3, -0.25) is 4.90 Å². The van der Waals surface area contributed by atoms with Crippen LogP contribution in [0.25, 0.3) is 0 Å². The number of aromatic hydroxyl groups is 1. The molecule has 188 valence electrons. The average molecular weight is 479 g/mol. The van der Waals surface area contributed by atoms with Gasteiger partial charge in [0.2, 0.25) is 0 Å². The molecule has 5 heteroatoms. The molecule has 0 radical (unpaired) electrons. The van der Waals surface area contributed by atoms with Crippen LogP contribution in [-0.2, 0) is 16.6 Å². The molecule has 1 aromatic rings. The molecule has 1 saturated heterocycles. The molecule has 5 nitrogen and oxygen atoms in total. The number of nitrogens with zero attached hydrogens (tertiary/aromatic N) is 1. The summed E-state index contributed by atoms with van der Waals surface area (Å²) in [4.78, 5) is 1.38. The van der Waals surface area contributed by atoms with Gasteiger partial charge in [0.05, 0.1) is 5.60 Å². The first kappa shape index (κ1) is 15.1. The Balaban J connectivity index is 1.59. The van der Waals surface area contributed by atoms with E-state index >= 15 is 0 Å². The number of aliphatic hydroxyl groups is 1. The minimum atomic E-state index is -3.48. The fraction of sp³-hybridized carbons (Fsp3) is 0.793. The highest BCUT2D eigenvalue weighted by atomic mass is 16.6. The zero-order chi connectivity index (χ0) is 32.2. The first-order valence-electron chi connectivity index (χ1n) is 17.0. The third-order valence-corrected chi connectivity index (χ3v) is 10.8. The van der Waals surface area contributed by atoms with Crippen molar-refractivity contribution < 1.29 is 32.0 Å². The molecule has 7 atom stereocenters. The second-order valence-corrected chi connectivity index (χ2v) is 12.4. The van der Waals surface area contributed by atoms with Crippen molar-refractivity contribution in [1.82, 2.24) is 4.90 Å². The number of fused-ring (bicyclic) bond motifs is 2. The van der Waals surface area contributed by atoms with E-state index in [1.165, 1.54) is 4.90 Å². The van der Waals surface area contributed by atoms with Crippen molar-refractivity contribution in [2.75, 3.05) is 20.2 Å². The van der Waals surface area contributed by atoms with Crippen LogP contribution in [0.2, 0.25) is 0 Å². The number of likely N-dealkylation sites (tertiary alicyclic amines) is 1. The van der Waals surface area contributed by atoms with Crippen LogP contribution in [0.1, 0.15) is 96.4 Å². The van der Waals surface area contributed by atoms with E-state index in [4.69, 9.17) is 19.1 Å². The highest BCUT2D eigenvalue weighted by molar-refractivity contribution is 5.63. The Hall–Kier alpha value is -1.30. The maximum Gasteiger partial charge on any atom is 0.165 e. The number of rotatable bonds is 5. The van der Waals surface area contributed by atoms with Crippen molar-refractivity contribution >= 4 is 0 Å². The zero-order valence-electron chi connectivity index (χ0n) is 29.8. The number of hydrogen-bond acceptors (Lipinski definition) is 5. The van der Waals surface area contributed by atoms with Gasteiger partial charge in [-0.1, -0.05) is 40.1 Å². The Morgan fingerprint density at radius 1 is 1.26 bits per heavy atom. The van der Waals surface area contributed by atoms with Gasteiger partial charge in [0.25, 0.3) is 0 Å². The van der Waals surface area contributed by atoms with Crippen molar-refractivity contribution in [2.24, 2.45) is 16.7 Å². The van der Waals surface area contributed by atoms with Crippen LogP contribution >= 0.6 is 0 Å². The zero-order valence-corrected chi connectivity index (χ0v) is 20.8. The van der Waals surface area contributed by atoms with Crippen LogP contribution < -0.4 is 4.74 Å². The molecular weight excluding hydrogens is 426 g/mol. The molecule has 1 unspecified atom stereocenters. The summed E-state index contributed by atoms with van der Waals surface area (Å²) in [7, 11) is 1.63. The van der Waals surface area contributed by atoms with Gasteiger partial charge in [-0.15, -0.1) is 0 Å². The van der Waals surface area contributed by atoms with Crippen molar-refractivity contribution in [3.63, 3.8) is 0 Å². The fourth-order valence-corrected chi connectivity index (χ4v) is 8.87. The summed E-state index contributed by atoms with van der Waals surface area (Å²) in [6.07, 6.45) is -5.48. The van der Waals surface area contributed by atoms with Gasteiger partial charge in [-0.2, -0.15) is 0 Å². The summed E-state index contributed by atoms with van der Waals surface area (Å²) in [5, 5.41) is 23.3. The molecule has 6 aliphatic rings. The van der Waals surface area contributed by atoms with Gasteiger partial charge in [0, 0.05) is 47.8 Å². The summed E-state index contributed by atoms with van der Waals surface area (Å²) >= 11 is 0. The molecule has 2 aliphatic heterocycles. The molecule has 4 fully saturated rings. The second kappa shape index (κ2) is 6.92. The van der Waals surface area contributed by atoms with Crippen LogP contribution in [0.15, 0.2) is 12.1 Å². The number of methoxy groups -OCH3 is 1. The maximum atomic E-state index is 12.3. The first-order valence-corrected chi connectivity index (χ1v) is 12.5. The highest BCUT2D eigenvalue weighted by Gasteiger charge is 2.82. The van der Waals surface area contributed by atoms with Gasteiger partial charge >= 0.3 is 0 Å². The van der Waals surface area contributed by atoms with E-state index in [0.717, 1.165) is 11.1 Å². The molecule has 2 spiro atoms. The minimum Gasteiger partial charge on any atom is -0.504 e. The quantitative estimate of drug-likeness (QED) is 0.636. The van der Waals surface area contributed by atoms with E-state index in [-0.39, 0.29) is 18.7 Å². The SMILES string of the molecule is [2H]C([2H])([2H])C([2H])([2H])C([2H])([2H])C([2H])([2H])N1CC[C@]23c4c5ccc(O)c4O[C@H]2[C@@]2(OC)CC[C@@]3(C[C@@H]2C(C)(O)C(C)(C)C)[C@H]1C5. The van der Waals surface area contributed by atoms with Crippen LogP contribution in [0, 0.1) is 16.7 Å². The van der Waals surface area contributed by atoms with Gasteiger partial charge in [0.1, 0.15) is 11.7 Å². The van der Waals surface area contributed by atoms with E-state index in [1.54, 1.807) is 26.2 Å². The molecule has 4 bridgehead atoms. The third kappa shape index (κ3) is 2.38. The van der Waals surface area contributed by atoms with Crippen molar-refractivity contribution in [3.8, 4) is 11.5 Å². The summed E-state index contributed by atoms with van der Waals surface area (Å²) < 4.78 is 88.8. The largest absolute Gasteiger partial charge is 0.504 e. The van der Waals surface area contributed by atoms with Gasteiger partial charge < -0.3 is 19.7 Å². The topological polar surface area (TPSA) is 62.2 Å². The molecule has 34 heavy (non-hydrogen) atoms. The first-order chi connectivity index (χ1) is 19.4.